The molecule has 0 aliphatic carbocycles. The average molecular weight is 474 g/mol. The van der Waals surface area contributed by atoms with Gasteiger partial charge in [0.15, 0.2) is 0 Å². The van der Waals surface area contributed by atoms with Crippen molar-refractivity contribution in [3.8, 4) is 22.9 Å². The number of aromatic amines is 1. The lowest BCUT2D eigenvalue weighted by Crippen LogP contribution is -2.32. The Morgan fingerprint density at radius 1 is 1.11 bits per heavy atom. The molecule has 176 valence electrons. The van der Waals surface area contributed by atoms with Gasteiger partial charge in [-0.2, -0.15) is 5.26 Å². The predicted octanol–water partition coefficient (Wildman–Crippen LogP) is 5.19. The normalized spacial score (nSPS) is 20.5. The van der Waals surface area contributed by atoms with Crippen LogP contribution in [-0.4, -0.2) is 16.3 Å². The van der Waals surface area contributed by atoms with Crippen molar-refractivity contribution < 1.29 is 9.84 Å². The Morgan fingerprint density at radius 2 is 1.94 bits per heavy atom. The molecule has 0 saturated heterocycles. The topological polar surface area (TPSA) is 98.5 Å². The molecule has 6 heteroatoms. The largest absolute Gasteiger partial charge is 0.489 e. The van der Waals surface area contributed by atoms with Gasteiger partial charge in [-0.25, -0.2) is 0 Å². The lowest BCUT2D eigenvalue weighted by atomic mass is 9.75. The van der Waals surface area contributed by atoms with Gasteiger partial charge in [0.25, 0.3) is 0 Å². The maximum absolute atomic E-state index is 12.6. The fraction of sp³-hybridized carbons (Fsp3) is 0.167. The number of hydrogen-bond donors (Lipinski definition) is 2. The minimum Gasteiger partial charge on any atom is -0.489 e. The number of aliphatic imine (C=N–C) groups is 1. The second-order valence-corrected chi connectivity index (χ2v) is 9.45. The number of fused-ring (bicyclic) bond motifs is 6. The molecule has 0 fully saturated rings. The van der Waals surface area contributed by atoms with Crippen molar-refractivity contribution in [1.29, 1.82) is 5.26 Å². The molecule has 2 atom stereocenters. The van der Waals surface area contributed by atoms with Crippen LogP contribution in [0.15, 0.2) is 88.3 Å². The van der Waals surface area contributed by atoms with E-state index in [1.165, 1.54) is 0 Å². The zero-order valence-corrected chi connectivity index (χ0v) is 19.7. The van der Waals surface area contributed by atoms with Gasteiger partial charge in [0, 0.05) is 34.9 Å². The number of hydrogen-bond acceptors (Lipinski definition) is 5. The molecule has 6 bridgehead atoms. The van der Waals surface area contributed by atoms with Crippen molar-refractivity contribution in [3.63, 3.8) is 0 Å². The number of pyridine rings is 1. The van der Waals surface area contributed by atoms with Gasteiger partial charge in [0.05, 0.1) is 11.6 Å². The highest BCUT2D eigenvalue weighted by Gasteiger charge is 2.38. The third-order valence-electron chi connectivity index (χ3n) is 7.02. The lowest BCUT2D eigenvalue weighted by molar-refractivity contribution is 0.115. The molecule has 0 saturated carbocycles. The molecule has 36 heavy (non-hydrogen) atoms. The van der Waals surface area contributed by atoms with E-state index in [4.69, 9.17) is 4.74 Å². The molecule has 4 aromatic rings. The van der Waals surface area contributed by atoms with Crippen molar-refractivity contribution in [1.82, 2.24) is 4.98 Å². The van der Waals surface area contributed by atoms with Crippen molar-refractivity contribution in [3.05, 3.63) is 111 Å². The van der Waals surface area contributed by atoms with Crippen LogP contribution >= 0.6 is 0 Å². The SMILES string of the molecule is CC1C=NC=C(C2(O)c3ccc(C#N)c(c3)COc3cccc(c3)-c3cc(=O)[nH]c4ccc2cc34)C1. The van der Waals surface area contributed by atoms with Gasteiger partial charge in [-0.05, 0) is 76.6 Å². The number of H-pyrrole nitrogens is 1. The first kappa shape index (κ1) is 22.0. The van der Waals surface area contributed by atoms with Crippen LogP contribution in [0.25, 0.3) is 22.0 Å². The predicted molar refractivity (Wildman–Crippen MR) is 139 cm³/mol. The fourth-order valence-corrected chi connectivity index (χ4v) is 5.19. The summed E-state index contributed by atoms with van der Waals surface area (Å²) in [5, 5.41) is 23.1. The van der Waals surface area contributed by atoms with Gasteiger partial charge in [-0.15, -0.1) is 0 Å². The van der Waals surface area contributed by atoms with E-state index in [0.29, 0.717) is 39.9 Å². The second-order valence-electron chi connectivity index (χ2n) is 9.45. The molecule has 1 aromatic heterocycles. The summed E-state index contributed by atoms with van der Waals surface area (Å²) in [5.74, 6) is 0.785. The molecule has 6 rings (SSSR count). The van der Waals surface area contributed by atoms with Crippen molar-refractivity contribution in [2.24, 2.45) is 10.9 Å². The Bertz CT molecular complexity index is 1690. The number of benzene rings is 3. The molecule has 3 aromatic carbocycles. The molecular weight excluding hydrogens is 450 g/mol. The Balaban J connectivity index is 1.71. The summed E-state index contributed by atoms with van der Waals surface area (Å²) in [4.78, 5) is 19.9. The smallest absolute Gasteiger partial charge is 0.249 e. The van der Waals surface area contributed by atoms with Crippen LogP contribution < -0.4 is 10.3 Å². The van der Waals surface area contributed by atoms with Gasteiger partial charge in [0.2, 0.25) is 5.56 Å². The molecule has 0 spiro atoms. The molecule has 0 amide bonds. The zero-order valence-electron chi connectivity index (χ0n) is 19.7. The first-order valence-corrected chi connectivity index (χ1v) is 11.9. The van der Waals surface area contributed by atoms with Crippen LogP contribution in [-0.2, 0) is 12.2 Å². The quantitative estimate of drug-likeness (QED) is 0.397. The van der Waals surface area contributed by atoms with Crippen molar-refractivity contribution in [2.45, 2.75) is 25.6 Å². The first-order chi connectivity index (χ1) is 17.5. The summed E-state index contributed by atoms with van der Waals surface area (Å²) in [7, 11) is 0. The fourth-order valence-electron chi connectivity index (χ4n) is 5.19. The lowest BCUT2D eigenvalue weighted by Gasteiger charge is -2.34. The van der Waals surface area contributed by atoms with E-state index < -0.39 is 5.60 Å². The molecular formula is C30H23N3O3. The minimum atomic E-state index is -1.50. The van der Waals surface area contributed by atoms with Crippen molar-refractivity contribution >= 4 is 17.1 Å². The summed E-state index contributed by atoms with van der Waals surface area (Å²) < 4.78 is 6.10. The first-order valence-electron chi connectivity index (χ1n) is 11.9. The van der Waals surface area contributed by atoms with Crippen LogP contribution in [0, 0.1) is 17.2 Å². The molecule has 2 aliphatic heterocycles. The van der Waals surface area contributed by atoms with E-state index >= 15 is 0 Å². The third-order valence-corrected chi connectivity index (χ3v) is 7.02. The average Bonchev–Trinajstić information content (AvgIpc) is 2.90. The monoisotopic (exact) mass is 473 g/mol. The van der Waals surface area contributed by atoms with Gasteiger partial charge in [-0.1, -0.05) is 31.2 Å². The number of nitrogens with one attached hydrogen (secondary N) is 1. The summed E-state index contributed by atoms with van der Waals surface area (Å²) in [6.07, 6.45) is 4.23. The second kappa shape index (κ2) is 8.33. The van der Waals surface area contributed by atoms with Gasteiger partial charge < -0.3 is 14.8 Å². The highest BCUT2D eigenvalue weighted by Crippen LogP contribution is 2.43. The van der Waals surface area contributed by atoms with E-state index in [2.05, 4.69) is 23.0 Å². The molecule has 2 N–H and O–H groups in total. The molecule has 2 unspecified atom stereocenters. The molecule has 2 aliphatic rings. The van der Waals surface area contributed by atoms with Crippen LogP contribution in [0.2, 0.25) is 0 Å². The van der Waals surface area contributed by atoms with Gasteiger partial charge >= 0.3 is 0 Å². The maximum Gasteiger partial charge on any atom is 0.249 e. The van der Waals surface area contributed by atoms with E-state index in [-0.39, 0.29) is 18.1 Å². The van der Waals surface area contributed by atoms with Crippen molar-refractivity contribution in [2.75, 3.05) is 0 Å². The summed E-state index contributed by atoms with van der Waals surface area (Å²) in [6.45, 7) is 2.22. The summed E-state index contributed by atoms with van der Waals surface area (Å²) in [6, 6.07) is 22.4. The summed E-state index contributed by atoms with van der Waals surface area (Å²) >= 11 is 0. The Hall–Kier alpha value is -4.47. The number of ether oxygens (including phenoxy) is 1. The maximum atomic E-state index is 12.6. The van der Waals surface area contributed by atoms with E-state index in [0.717, 1.165) is 22.1 Å². The number of aliphatic hydroxyl groups is 1. The number of aromatic nitrogens is 1. The molecule has 3 heterocycles. The standard InChI is InChI=1S/C30H23N3O3/c1-18-9-24(16-32-15-18)30(35)22-6-5-20(14-31)21(10-22)17-36-25-4-2-3-19(11-25)26-13-29(34)33-28-8-7-23(30)12-27(26)28/h2-8,10-13,15-16,18,35H,9,17H2,1H3,(H,33,34). The zero-order chi connectivity index (χ0) is 24.9. The van der Waals surface area contributed by atoms with Gasteiger partial charge in [-0.3, -0.25) is 9.79 Å². The van der Waals surface area contributed by atoms with Gasteiger partial charge in [0.1, 0.15) is 18.0 Å². The Morgan fingerprint density at radius 3 is 2.78 bits per heavy atom. The minimum absolute atomic E-state index is 0.159. The van der Waals surface area contributed by atoms with Crippen LogP contribution in [0.1, 0.15) is 35.6 Å². The Kier molecular flexibility index (Phi) is 5.10. The van der Waals surface area contributed by atoms with Crippen LogP contribution in [0.5, 0.6) is 5.75 Å². The number of nitrogens with zero attached hydrogens (tertiary/aromatic N) is 2. The number of nitriles is 1. The van der Waals surface area contributed by atoms with E-state index in [9.17, 15) is 15.2 Å². The molecule has 6 nitrogen and oxygen atoms in total. The third kappa shape index (κ3) is 3.53. The molecule has 0 radical (unpaired) electrons. The van der Waals surface area contributed by atoms with Crippen LogP contribution in [0.3, 0.4) is 0 Å². The Labute approximate surface area is 207 Å². The highest BCUT2D eigenvalue weighted by molar-refractivity contribution is 5.95. The summed E-state index contributed by atoms with van der Waals surface area (Å²) in [5.41, 5.74) is 3.76. The van der Waals surface area contributed by atoms with E-state index in [1.54, 1.807) is 24.4 Å². The van der Waals surface area contributed by atoms with E-state index in [1.807, 2.05) is 54.7 Å². The van der Waals surface area contributed by atoms with Crippen LogP contribution in [0.4, 0.5) is 0 Å². The highest BCUT2D eigenvalue weighted by atomic mass is 16.5. The number of rotatable bonds is 1.